The van der Waals surface area contributed by atoms with Crippen LogP contribution in [0, 0.1) is 0 Å². The molecule has 1 amide bonds. The van der Waals surface area contributed by atoms with Gasteiger partial charge in [-0.05, 0) is 25.8 Å². The van der Waals surface area contributed by atoms with Gasteiger partial charge in [0.25, 0.3) is 6.43 Å². The molecule has 1 aliphatic carbocycles. The van der Waals surface area contributed by atoms with Crippen molar-refractivity contribution in [1.82, 2.24) is 19.6 Å². The maximum Gasteiger partial charge on any atom is 0.280 e. The molecular weight excluding hydrogens is 320 g/mol. The van der Waals surface area contributed by atoms with E-state index in [1.54, 1.807) is 6.20 Å². The van der Waals surface area contributed by atoms with Crippen LogP contribution in [0.5, 0.6) is 0 Å². The first-order chi connectivity index (χ1) is 11.6. The van der Waals surface area contributed by atoms with Gasteiger partial charge < -0.3 is 10.1 Å². The third-order valence-corrected chi connectivity index (χ3v) is 3.69. The second kappa shape index (κ2) is 7.08. The Morgan fingerprint density at radius 3 is 2.96 bits per heavy atom. The summed E-state index contributed by atoms with van der Waals surface area (Å²) in [4.78, 5) is 12.1. The molecule has 0 bridgehead atoms. The number of amides is 1. The molecule has 3 rings (SSSR count). The molecule has 0 aliphatic heterocycles. The number of aromatic nitrogens is 4. The predicted molar refractivity (Wildman–Crippen MR) is 81.6 cm³/mol. The number of nitrogens with zero attached hydrogens (tertiary/aromatic N) is 4. The van der Waals surface area contributed by atoms with E-state index in [9.17, 15) is 13.6 Å². The first-order valence-electron chi connectivity index (χ1n) is 7.82. The molecule has 0 spiro atoms. The first-order valence-corrected chi connectivity index (χ1v) is 7.82. The van der Waals surface area contributed by atoms with E-state index in [0.29, 0.717) is 18.0 Å². The molecule has 0 unspecified atom stereocenters. The smallest absolute Gasteiger partial charge is 0.280 e. The summed E-state index contributed by atoms with van der Waals surface area (Å²) in [6.07, 6.45) is 2.35. The first kappa shape index (κ1) is 16.6. The fraction of sp³-hybridized carbons (Fsp3) is 0.533. The minimum absolute atomic E-state index is 0.223. The van der Waals surface area contributed by atoms with Crippen LogP contribution in [0.25, 0.3) is 0 Å². The Hall–Kier alpha value is -2.29. The van der Waals surface area contributed by atoms with Gasteiger partial charge in [0.15, 0.2) is 0 Å². The van der Waals surface area contributed by atoms with Crippen LogP contribution in [0.2, 0.25) is 0 Å². The quantitative estimate of drug-likeness (QED) is 0.802. The number of hydrogen-bond donors (Lipinski definition) is 1. The summed E-state index contributed by atoms with van der Waals surface area (Å²) in [5.41, 5.74) is 0.898. The molecule has 1 saturated carbocycles. The van der Waals surface area contributed by atoms with Gasteiger partial charge in [-0.1, -0.05) is 0 Å². The molecule has 1 N–H and O–H groups in total. The second-order valence-electron chi connectivity index (χ2n) is 5.67. The van der Waals surface area contributed by atoms with E-state index in [2.05, 4.69) is 15.5 Å². The topological polar surface area (TPSA) is 74.0 Å². The highest BCUT2D eigenvalue weighted by Gasteiger charge is 2.29. The number of rotatable bonds is 8. The Bertz CT molecular complexity index is 709. The fourth-order valence-corrected chi connectivity index (χ4v) is 2.35. The van der Waals surface area contributed by atoms with Crippen LogP contribution in [0.15, 0.2) is 18.5 Å². The van der Waals surface area contributed by atoms with Crippen molar-refractivity contribution in [3.63, 3.8) is 0 Å². The second-order valence-corrected chi connectivity index (χ2v) is 5.67. The van der Waals surface area contributed by atoms with Gasteiger partial charge in [-0.15, -0.1) is 0 Å². The molecule has 130 valence electrons. The third-order valence-electron chi connectivity index (χ3n) is 3.69. The van der Waals surface area contributed by atoms with Gasteiger partial charge >= 0.3 is 0 Å². The highest BCUT2D eigenvalue weighted by Crippen LogP contribution is 2.40. The van der Waals surface area contributed by atoms with Crippen molar-refractivity contribution in [2.45, 2.75) is 45.4 Å². The number of alkyl halides is 2. The van der Waals surface area contributed by atoms with E-state index in [-0.39, 0.29) is 24.9 Å². The van der Waals surface area contributed by atoms with Gasteiger partial charge in [-0.25, -0.2) is 13.5 Å². The van der Waals surface area contributed by atoms with Gasteiger partial charge in [0.05, 0.1) is 23.8 Å². The summed E-state index contributed by atoms with van der Waals surface area (Å²) < 4.78 is 34.0. The summed E-state index contributed by atoms with van der Waals surface area (Å²) in [5, 5.41) is 10.8. The normalized spacial score (nSPS) is 14.3. The summed E-state index contributed by atoms with van der Waals surface area (Å²) in [6, 6.07) is 1.40. The molecule has 9 heteroatoms. The van der Waals surface area contributed by atoms with E-state index in [1.807, 2.05) is 6.92 Å². The lowest BCUT2D eigenvalue weighted by molar-refractivity contribution is -0.117. The standard InChI is InChI=1S/C15H19F2N5O2/c1-2-24-9-21-7-11(6-18-21)19-14(23)8-22-13(15(16)17)5-12(20-22)10-3-4-10/h5-7,10,15H,2-4,8-9H2,1H3,(H,19,23). The largest absolute Gasteiger partial charge is 0.360 e. The molecular formula is C15H19F2N5O2. The number of carbonyl (C=O) groups is 1. The highest BCUT2D eigenvalue weighted by molar-refractivity contribution is 5.90. The zero-order valence-electron chi connectivity index (χ0n) is 13.3. The Balaban J connectivity index is 1.63. The van der Waals surface area contributed by atoms with Crippen LogP contribution in [0.1, 0.15) is 43.5 Å². The number of ether oxygens (including phenoxy) is 1. The van der Waals surface area contributed by atoms with E-state index in [4.69, 9.17) is 4.74 Å². The van der Waals surface area contributed by atoms with Crippen LogP contribution >= 0.6 is 0 Å². The molecule has 7 nitrogen and oxygen atoms in total. The number of halogens is 2. The zero-order chi connectivity index (χ0) is 17.1. The van der Waals surface area contributed by atoms with Crippen molar-refractivity contribution in [1.29, 1.82) is 0 Å². The molecule has 0 aromatic carbocycles. The van der Waals surface area contributed by atoms with Crippen molar-refractivity contribution in [2.24, 2.45) is 0 Å². The van der Waals surface area contributed by atoms with E-state index in [1.165, 1.54) is 16.9 Å². The van der Waals surface area contributed by atoms with Gasteiger partial charge in [-0.3, -0.25) is 9.48 Å². The molecule has 2 aromatic rings. The fourth-order valence-electron chi connectivity index (χ4n) is 2.35. The Labute approximate surface area is 137 Å². The molecule has 1 fully saturated rings. The molecule has 2 aromatic heterocycles. The van der Waals surface area contributed by atoms with Crippen LogP contribution in [0.3, 0.4) is 0 Å². The maximum atomic E-state index is 13.1. The molecule has 1 aliphatic rings. The van der Waals surface area contributed by atoms with E-state index < -0.39 is 12.3 Å². The lowest BCUT2D eigenvalue weighted by Gasteiger charge is -2.06. The Morgan fingerprint density at radius 1 is 1.50 bits per heavy atom. The van der Waals surface area contributed by atoms with Crippen LogP contribution in [-0.2, 0) is 22.8 Å². The Kier molecular flexibility index (Phi) is 4.89. The SMILES string of the molecule is CCOCn1cc(NC(=O)Cn2nc(C3CC3)cc2C(F)F)cn1. The van der Waals surface area contributed by atoms with Crippen molar-refractivity contribution in [3.05, 3.63) is 29.8 Å². The number of anilines is 1. The summed E-state index contributed by atoms with van der Waals surface area (Å²) in [7, 11) is 0. The van der Waals surface area contributed by atoms with E-state index in [0.717, 1.165) is 17.5 Å². The summed E-state index contributed by atoms with van der Waals surface area (Å²) >= 11 is 0. The van der Waals surface area contributed by atoms with Gasteiger partial charge in [0, 0.05) is 12.5 Å². The molecule has 0 saturated heterocycles. The Morgan fingerprint density at radius 2 is 2.29 bits per heavy atom. The summed E-state index contributed by atoms with van der Waals surface area (Å²) in [5.74, 6) is -0.179. The minimum atomic E-state index is -2.66. The monoisotopic (exact) mass is 339 g/mol. The highest BCUT2D eigenvalue weighted by atomic mass is 19.3. The third kappa shape index (κ3) is 3.97. The molecule has 0 radical (unpaired) electrons. The molecule has 24 heavy (non-hydrogen) atoms. The summed E-state index contributed by atoms with van der Waals surface area (Å²) in [6.45, 7) is 2.45. The molecule has 2 heterocycles. The van der Waals surface area contributed by atoms with Crippen LogP contribution < -0.4 is 5.32 Å². The maximum absolute atomic E-state index is 13.1. The number of nitrogens with one attached hydrogen (secondary N) is 1. The van der Waals surface area contributed by atoms with Crippen molar-refractivity contribution in [2.75, 3.05) is 11.9 Å². The predicted octanol–water partition coefficient (Wildman–Crippen LogP) is 2.53. The van der Waals surface area contributed by atoms with E-state index >= 15 is 0 Å². The zero-order valence-corrected chi connectivity index (χ0v) is 13.3. The van der Waals surface area contributed by atoms with Crippen molar-refractivity contribution in [3.8, 4) is 0 Å². The van der Waals surface area contributed by atoms with Crippen LogP contribution in [-0.4, -0.2) is 32.1 Å². The van der Waals surface area contributed by atoms with Gasteiger partial charge in [0.1, 0.15) is 19.0 Å². The molecule has 0 atom stereocenters. The lowest BCUT2D eigenvalue weighted by atomic mass is 10.3. The average molecular weight is 339 g/mol. The number of carbonyl (C=O) groups excluding carboxylic acids is 1. The van der Waals surface area contributed by atoms with Gasteiger partial charge in [0.2, 0.25) is 5.91 Å². The van der Waals surface area contributed by atoms with Crippen LogP contribution in [0.4, 0.5) is 14.5 Å². The van der Waals surface area contributed by atoms with Crippen molar-refractivity contribution >= 4 is 11.6 Å². The van der Waals surface area contributed by atoms with Gasteiger partial charge in [-0.2, -0.15) is 10.2 Å². The number of hydrogen-bond acceptors (Lipinski definition) is 4. The lowest BCUT2D eigenvalue weighted by Crippen LogP contribution is -2.21. The van der Waals surface area contributed by atoms with Crippen molar-refractivity contribution < 1.29 is 18.3 Å². The average Bonchev–Trinajstić information content (AvgIpc) is 3.16. The minimum Gasteiger partial charge on any atom is -0.360 e.